The van der Waals surface area contributed by atoms with Crippen LogP contribution in [0.15, 0.2) is 21.2 Å². The first kappa shape index (κ1) is 12.7. The summed E-state index contributed by atoms with van der Waals surface area (Å²) in [5.74, 6) is 1.46. The molecule has 16 heavy (non-hydrogen) atoms. The monoisotopic (exact) mass is 366 g/mol. The normalized spacial score (nSPS) is 24.7. The minimum absolute atomic E-state index is 0.321. The number of nitrogens with one attached hydrogen (secondary N) is 1. The van der Waals surface area contributed by atoms with E-state index in [1.165, 1.54) is 12.8 Å². The molecule has 1 aromatic heterocycles. The van der Waals surface area contributed by atoms with Crippen molar-refractivity contribution in [2.45, 2.75) is 24.6 Å². The van der Waals surface area contributed by atoms with E-state index < -0.39 is 0 Å². The largest absolute Gasteiger partial charge is 0.369 e. The molecule has 0 saturated heterocycles. The van der Waals surface area contributed by atoms with Crippen molar-refractivity contribution in [3.05, 3.63) is 21.2 Å². The minimum atomic E-state index is 0.321. The zero-order chi connectivity index (χ0) is 11.5. The molecule has 0 aliphatic heterocycles. The van der Waals surface area contributed by atoms with E-state index in [1.54, 1.807) is 6.20 Å². The van der Waals surface area contributed by atoms with E-state index in [2.05, 4.69) is 42.2 Å². The molecule has 88 valence electrons. The van der Waals surface area contributed by atoms with Crippen LogP contribution in [0.5, 0.6) is 0 Å². The Balaban J connectivity index is 1.94. The predicted molar refractivity (Wildman–Crippen MR) is 75.1 cm³/mol. The Morgan fingerprint density at radius 2 is 2.25 bits per heavy atom. The zero-order valence-corrected chi connectivity index (χ0v) is 12.6. The third-order valence-electron chi connectivity index (χ3n) is 2.91. The van der Waals surface area contributed by atoms with Crippen LogP contribution in [-0.2, 0) is 0 Å². The molecule has 2 atom stereocenters. The van der Waals surface area contributed by atoms with Gasteiger partial charge in [-0.1, -0.05) is 6.42 Å². The van der Waals surface area contributed by atoms with E-state index in [0.29, 0.717) is 11.3 Å². The second kappa shape index (κ2) is 5.69. The molecule has 1 aromatic rings. The molecule has 0 bridgehead atoms. The zero-order valence-electron chi connectivity index (χ0n) is 8.72. The van der Waals surface area contributed by atoms with Gasteiger partial charge in [-0.3, -0.25) is 0 Å². The fourth-order valence-corrected chi connectivity index (χ4v) is 3.49. The highest BCUT2D eigenvalue weighted by molar-refractivity contribution is 9.11. The maximum atomic E-state index is 6.23. The van der Waals surface area contributed by atoms with Gasteiger partial charge in [-0.25, -0.2) is 4.98 Å². The molecule has 1 aliphatic rings. The van der Waals surface area contributed by atoms with Crippen LogP contribution in [0.3, 0.4) is 0 Å². The standard InChI is InChI=1S/C11H13Br2ClN2/c12-8-4-9(13)11(16-6-8)15-5-7-2-1-3-10(7)14/h4,6-7,10H,1-3,5H2,(H,15,16). The van der Waals surface area contributed by atoms with Gasteiger partial charge < -0.3 is 5.32 Å². The van der Waals surface area contributed by atoms with Gasteiger partial charge >= 0.3 is 0 Å². The number of aromatic nitrogens is 1. The fourth-order valence-electron chi connectivity index (χ4n) is 1.99. The van der Waals surface area contributed by atoms with Crippen molar-refractivity contribution in [1.29, 1.82) is 0 Å². The van der Waals surface area contributed by atoms with Gasteiger partial charge in [0.25, 0.3) is 0 Å². The molecule has 5 heteroatoms. The average Bonchev–Trinajstić information content (AvgIpc) is 2.63. The van der Waals surface area contributed by atoms with Gasteiger partial charge in [-0.05, 0) is 56.7 Å². The Morgan fingerprint density at radius 1 is 1.44 bits per heavy atom. The van der Waals surface area contributed by atoms with Crippen molar-refractivity contribution in [3.8, 4) is 0 Å². The van der Waals surface area contributed by atoms with Crippen LogP contribution in [0.4, 0.5) is 5.82 Å². The van der Waals surface area contributed by atoms with Crippen molar-refractivity contribution in [3.63, 3.8) is 0 Å². The van der Waals surface area contributed by atoms with Crippen LogP contribution in [0.1, 0.15) is 19.3 Å². The lowest BCUT2D eigenvalue weighted by Crippen LogP contribution is -2.19. The first-order chi connectivity index (χ1) is 7.66. The Morgan fingerprint density at radius 3 is 2.88 bits per heavy atom. The highest BCUT2D eigenvalue weighted by Crippen LogP contribution is 2.31. The number of pyridine rings is 1. The molecule has 1 saturated carbocycles. The van der Waals surface area contributed by atoms with Crippen molar-refractivity contribution in [1.82, 2.24) is 4.98 Å². The second-order valence-electron chi connectivity index (χ2n) is 4.07. The fraction of sp³-hybridized carbons (Fsp3) is 0.545. The summed E-state index contributed by atoms with van der Waals surface area (Å²) in [4.78, 5) is 4.32. The molecule has 1 aliphatic carbocycles. The Labute approximate surface area is 117 Å². The number of hydrogen-bond acceptors (Lipinski definition) is 2. The summed E-state index contributed by atoms with van der Waals surface area (Å²) in [6.45, 7) is 0.904. The summed E-state index contributed by atoms with van der Waals surface area (Å²) in [6, 6.07) is 1.99. The quantitative estimate of drug-likeness (QED) is 0.799. The minimum Gasteiger partial charge on any atom is -0.369 e. The summed E-state index contributed by atoms with van der Waals surface area (Å²) in [7, 11) is 0. The molecule has 0 radical (unpaired) electrons. The highest BCUT2D eigenvalue weighted by Gasteiger charge is 2.25. The summed E-state index contributed by atoms with van der Waals surface area (Å²) >= 11 is 13.1. The third-order valence-corrected chi connectivity index (χ3v) is 4.52. The van der Waals surface area contributed by atoms with Crippen LogP contribution in [0.25, 0.3) is 0 Å². The maximum absolute atomic E-state index is 6.23. The average molecular weight is 369 g/mol. The molecular weight excluding hydrogens is 355 g/mol. The molecule has 1 fully saturated rings. The summed E-state index contributed by atoms with van der Waals surface area (Å²) in [5.41, 5.74) is 0. The molecule has 2 rings (SSSR count). The van der Waals surface area contributed by atoms with Gasteiger partial charge in [0.1, 0.15) is 5.82 Å². The third kappa shape index (κ3) is 3.11. The van der Waals surface area contributed by atoms with Gasteiger partial charge in [0.05, 0.1) is 4.47 Å². The molecule has 0 aromatic carbocycles. The number of hydrogen-bond donors (Lipinski definition) is 1. The lowest BCUT2D eigenvalue weighted by Gasteiger charge is -2.15. The SMILES string of the molecule is ClC1CCCC1CNc1ncc(Br)cc1Br. The topological polar surface area (TPSA) is 24.9 Å². The Bertz CT molecular complexity index is 373. The van der Waals surface area contributed by atoms with E-state index in [9.17, 15) is 0 Å². The molecule has 1 heterocycles. The first-order valence-electron chi connectivity index (χ1n) is 5.36. The van der Waals surface area contributed by atoms with Crippen LogP contribution in [0, 0.1) is 5.92 Å². The van der Waals surface area contributed by atoms with E-state index in [4.69, 9.17) is 11.6 Å². The molecule has 0 amide bonds. The lowest BCUT2D eigenvalue weighted by atomic mass is 10.1. The molecular formula is C11H13Br2ClN2. The van der Waals surface area contributed by atoms with E-state index in [0.717, 1.165) is 27.7 Å². The number of halogens is 3. The number of alkyl halides is 1. The Hall–Kier alpha value is 0.200. The van der Waals surface area contributed by atoms with Crippen molar-refractivity contribution in [2.75, 3.05) is 11.9 Å². The van der Waals surface area contributed by atoms with E-state index in [1.807, 2.05) is 6.07 Å². The van der Waals surface area contributed by atoms with E-state index in [-0.39, 0.29) is 0 Å². The van der Waals surface area contributed by atoms with Crippen molar-refractivity contribution >= 4 is 49.3 Å². The van der Waals surface area contributed by atoms with Crippen LogP contribution in [0.2, 0.25) is 0 Å². The van der Waals surface area contributed by atoms with Crippen LogP contribution < -0.4 is 5.32 Å². The van der Waals surface area contributed by atoms with Crippen LogP contribution >= 0.6 is 43.5 Å². The number of nitrogens with zero attached hydrogens (tertiary/aromatic N) is 1. The number of rotatable bonds is 3. The van der Waals surface area contributed by atoms with Crippen LogP contribution in [-0.4, -0.2) is 16.9 Å². The van der Waals surface area contributed by atoms with Crippen molar-refractivity contribution < 1.29 is 0 Å². The van der Waals surface area contributed by atoms with Crippen molar-refractivity contribution in [2.24, 2.45) is 5.92 Å². The predicted octanol–water partition coefficient (Wildman–Crippen LogP) is 4.43. The summed E-state index contributed by atoms with van der Waals surface area (Å²) in [6.07, 6.45) is 5.40. The summed E-state index contributed by atoms with van der Waals surface area (Å²) < 4.78 is 1.95. The second-order valence-corrected chi connectivity index (χ2v) is 6.40. The van der Waals surface area contributed by atoms with Gasteiger partial charge in [0.15, 0.2) is 0 Å². The molecule has 2 unspecified atom stereocenters. The highest BCUT2D eigenvalue weighted by atomic mass is 79.9. The smallest absolute Gasteiger partial charge is 0.140 e. The maximum Gasteiger partial charge on any atom is 0.140 e. The summed E-state index contributed by atoms with van der Waals surface area (Å²) in [5, 5.41) is 3.67. The molecule has 0 spiro atoms. The molecule has 1 N–H and O–H groups in total. The van der Waals surface area contributed by atoms with Gasteiger partial charge in [0.2, 0.25) is 0 Å². The Kier molecular flexibility index (Phi) is 4.50. The van der Waals surface area contributed by atoms with Gasteiger partial charge in [0, 0.05) is 22.6 Å². The first-order valence-corrected chi connectivity index (χ1v) is 7.38. The number of anilines is 1. The lowest BCUT2D eigenvalue weighted by molar-refractivity contribution is 0.585. The van der Waals surface area contributed by atoms with Gasteiger partial charge in [-0.15, -0.1) is 11.6 Å². The van der Waals surface area contributed by atoms with E-state index >= 15 is 0 Å². The van der Waals surface area contributed by atoms with Gasteiger partial charge in [-0.2, -0.15) is 0 Å². The molecule has 2 nitrogen and oxygen atoms in total.